The predicted molar refractivity (Wildman–Crippen MR) is 90.7 cm³/mol. The van der Waals surface area contributed by atoms with Gasteiger partial charge in [-0.05, 0) is 56.0 Å². The Kier molecular flexibility index (Phi) is 4.47. The first-order valence-corrected chi connectivity index (χ1v) is 10.0. The Balaban J connectivity index is 1.75. The number of aryl methyl sites for hydroxylation is 1. The normalized spacial score (nSPS) is 20.2. The summed E-state index contributed by atoms with van der Waals surface area (Å²) >= 11 is 0. The van der Waals surface area contributed by atoms with E-state index >= 15 is 0 Å². The van der Waals surface area contributed by atoms with E-state index in [-0.39, 0.29) is 17.5 Å². The van der Waals surface area contributed by atoms with Crippen LogP contribution in [0.1, 0.15) is 24.1 Å². The van der Waals surface area contributed by atoms with E-state index in [9.17, 15) is 12.8 Å². The third-order valence-electron chi connectivity index (χ3n) is 4.65. The molecule has 0 amide bonds. The Morgan fingerprint density at radius 2 is 2.17 bits per heavy atom. The van der Waals surface area contributed by atoms with Crippen LogP contribution in [0.3, 0.4) is 0 Å². The number of hydrogen-bond acceptors (Lipinski definition) is 3. The van der Waals surface area contributed by atoms with E-state index in [1.54, 1.807) is 12.1 Å². The minimum Gasteiger partial charge on any atom is -0.357 e. The standard InChI is InChI=1S/C17H23FN2O2S/c1-12-15-8-14(18)5-6-16(15)19-17(12)10-20-7-3-4-13(9-20)11-23(2,21)22/h5-6,8,13,19H,3-4,7,9-11H2,1-2H3/t13-/m1/s1. The number of aromatic amines is 1. The number of rotatable bonds is 4. The number of sulfone groups is 1. The van der Waals surface area contributed by atoms with Crippen LogP contribution in [-0.4, -0.2) is 43.4 Å². The van der Waals surface area contributed by atoms with Crippen molar-refractivity contribution in [3.63, 3.8) is 0 Å². The predicted octanol–water partition coefficient (Wildman–Crippen LogP) is 2.87. The number of nitrogens with zero attached hydrogens (tertiary/aromatic N) is 1. The molecule has 3 rings (SSSR count). The van der Waals surface area contributed by atoms with Gasteiger partial charge in [-0.3, -0.25) is 4.90 Å². The molecule has 0 spiro atoms. The van der Waals surface area contributed by atoms with E-state index in [1.807, 2.05) is 6.92 Å². The molecule has 1 saturated heterocycles. The first-order chi connectivity index (χ1) is 10.8. The highest BCUT2D eigenvalue weighted by molar-refractivity contribution is 7.90. The van der Waals surface area contributed by atoms with Gasteiger partial charge in [0.25, 0.3) is 0 Å². The maximum Gasteiger partial charge on any atom is 0.147 e. The highest BCUT2D eigenvalue weighted by atomic mass is 32.2. The molecule has 1 atom stereocenters. The SMILES string of the molecule is Cc1c(CN2CCC[C@@H](CS(C)(=O)=O)C2)[nH]c2ccc(F)cc12. The van der Waals surface area contributed by atoms with E-state index in [0.29, 0.717) is 0 Å². The van der Waals surface area contributed by atoms with Crippen LogP contribution in [0.5, 0.6) is 0 Å². The van der Waals surface area contributed by atoms with Gasteiger partial charge in [0, 0.05) is 35.9 Å². The summed E-state index contributed by atoms with van der Waals surface area (Å²) in [6.07, 6.45) is 3.30. The summed E-state index contributed by atoms with van der Waals surface area (Å²) in [5, 5.41) is 0.921. The molecule has 0 aliphatic carbocycles. The van der Waals surface area contributed by atoms with Crippen molar-refractivity contribution in [2.45, 2.75) is 26.3 Å². The van der Waals surface area contributed by atoms with Gasteiger partial charge in [-0.1, -0.05) is 0 Å². The van der Waals surface area contributed by atoms with Gasteiger partial charge in [-0.2, -0.15) is 0 Å². The number of likely N-dealkylation sites (tertiary alicyclic amines) is 1. The van der Waals surface area contributed by atoms with Gasteiger partial charge in [0.05, 0.1) is 5.75 Å². The number of halogens is 1. The minimum absolute atomic E-state index is 0.209. The largest absolute Gasteiger partial charge is 0.357 e. The summed E-state index contributed by atoms with van der Waals surface area (Å²) in [6, 6.07) is 4.79. The zero-order valence-electron chi connectivity index (χ0n) is 13.6. The molecule has 0 bridgehead atoms. The number of benzene rings is 1. The van der Waals surface area contributed by atoms with E-state index in [2.05, 4.69) is 9.88 Å². The number of piperidine rings is 1. The number of hydrogen-bond donors (Lipinski definition) is 1. The van der Waals surface area contributed by atoms with E-state index in [4.69, 9.17) is 0 Å². The number of aromatic nitrogens is 1. The van der Waals surface area contributed by atoms with Gasteiger partial charge in [0.1, 0.15) is 15.7 Å². The van der Waals surface area contributed by atoms with Crippen molar-refractivity contribution >= 4 is 20.7 Å². The number of fused-ring (bicyclic) bond motifs is 1. The number of nitrogens with one attached hydrogen (secondary N) is 1. The molecule has 0 saturated carbocycles. The molecule has 1 aromatic carbocycles. The van der Waals surface area contributed by atoms with E-state index < -0.39 is 9.84 Å². The van der Waals surface area contributed by atoms with Crippen molar-refractivity contribution in [2.24, 2.45) is 5.92 Å². The maximum absolute atomic E-state index is 13.4. The minimum atomic E-state index is -2.93. The molecule has 2 aromatic rings. The molecule has 2 heterocycles. The second kappa shape index (κ2) is 6.24. The Labute approximate surface area is 136 Å². The molecular formula is C17H23FN2O2S. The molecule has 126 valence electrons. The molecule has 4 nitrogen and oxygen atoms in total. The fourth-order valence-corrected chi connectivity index (χ4v) is 4.72. The van der Waals surface area contributed by atoms with Crippen LogP contribution in [-0.2, 0) is 16.4 Å². The van der Waals surface area contributed by atoms with Gasteiger partial charge < -0.3 is 4.98 Å². The molecule has 1 aliphatic heterocycles. The highest BCUT2D eigenvalue weighted by Crippen LogP contribution is 2.25. The van der Waals surface area contributed by atoms with Crippen molar-refractivity contribution in [1.29, 1.82) is 0 Å². The molecule has 1 aliphatic rings. The first-order valence-electron chi connectivity index (χ1n) is 7.98. The molecule has 0 radical (unpaired) electrons. The zero-order chi connectivity index (χ0) is 16.6. The lowest BCUT2D eigenvalue weighted by molar-refractivity contribution is 0.176. The van der Waals surface area contributed by atoms with Gasteiger partial charge in [0.2, 0.25) is 0 Å². The van der Waals surface area contributed by atoms with Crippen molar-refractivity contribution in [3.8, 4) is 0 Å². The van der Waals surface area contributed by atoms with Crippen LogP contribution in [0.4, 0.5) is 4.39 Å². The average Bonchev–Trinajstić information content (AvgIpc) is 2.74. The number of H-pyrrole nitrogens is 1. The Morgan fingerprint density at radius 3 is 2.91 bits per heavy atom. The molecule has 1 N–H and O–H groups in total. The summed E-state index contributed by atoms with van der Waals surface area (Å²) in [5.41, 5.74) is 3.11. The molecular weight excluding hydrogens is 315 g/mol. The van der Waals surface area contributed by atoms with Crippen LogP contribution in [0.2, 0.25) is 0 Å². The third kappa shape index (κ3) is 3.93. The Bertz CT molecular complexity index is 813. The second-order valence-electron chi connectivity index (χ2n) is 6.75. The van der Waals surface area contributed by atoms with Crippen LogP contribution in [0.25, 0.3) is 10.9 Å². The quantitative estimate of drug-likeness (QED) is 0.933. The smallest absolute Gasteiger partial charge is 0.147 e. The molecule has 23 heavy (non-hydrogen) atoms. The summed E-state index contributed by atoms with van der Waals surface area (Å²) in [7, 11) is -2.93. The molecule has 1 aromatic heterocycles. The lowest BCUT2D eigenvalue weighted by Gasteiger charge is -2.32. The van der Waals surface area contributed by atoms with Crippen LogP contribution >= 0.6 is 0 Å². The van der Waals surface area contributed by atoms with E-state index in [0.717, 1.165) is 54.6 Å². The van der Waals surface area contributed by atoms with Crippen molar-refractivity contribution in [2.75, 3.05) is 25.1 Å². The monoisotopic (exact) mass is 338 g/mol. The molecule has 1 fully saturated rings. The van der Waals surface area contributed by atoms with Gasteiger partial charge >= 0.3 is 0 Å². The van der Waals surface area contributed by atoms with Crippen LogP contribution in [0, 0.1) is 18.7 Å². The Hall–Kier alpha value is -1.40. The maximum atomic E-state index is 13.4. The van der Waals surface area contributed by atoms with Gasteiger partial charge in [-0.25, -0.2) is 12.8 Å². The summed E-state index contributed by atoms with van der Waals surface area (Å²) < 4.78 is 36.4. The Morgan fingerprint density at radius 1 is 1.39 bits per heavy atom. The van der Waals surface area contributed by atoms with Crippen LogP contribution < -0.4 is 0 Å². The zero-order valence-corrected chi connectivity index (χ0v) is 14.4. The molecule has 6 heteroatoms. The van der Waals surface area contributed by atoms with Gasteiger partial charge in [-0.15, -0.1) is 0 Å². The fourth-order valence-electron chi connectivity index (χ4n) is 3.60. The van der Waals surface area contributed by atoms with Gasteiger partial charge in [0.15, 0.2) is 0 Å². The third-order valence-corrected chi connectivity index (χ3v) is 5.72. The fraction of sp³-hybridized carbons (Fsp3) is 0.529. The van der Waals surface area contributed by atoms with Crippen LogP contribution in [0.15, 0.2) is 18.2 Å². The van der Waals surface area contributed by atoms with Crippen molar-refractivity contribution < 1.29 is 12.8 Å². The van der Waals surface area contributed by atoms with Crippen molar-refractivity contribution in [1.82, 2.24) is 9.88 Å². The van der Waals surface area contributed by atoms with E-state index in [1.165, 1.54) is 12.3 Å². The average molecular weight is 338 g/mol. The topological polar surface area (TPSA) is 53.2 Å². The molecule has 0 unspecified atom stereocenters. The lowest BCUT2D eigenvalue weighted by Crippen LogP contribution is -2.37. The lowest BCUT2D eigenvalue weighted by atomic mass is 10.00. The summed E-state index contributed by atoms with van der Waals surface area (Å²) in [4.78, 5) is 5.67. The van der Waals surface area contributed by atoms with Crippen molar-refractivity contribution in [3.05, 3.63) is 35.3 Å². The first kappa shape index (κ1) is 16.5. The highest BCUT2D eigenvalue weighted by Gasteiger charge is 2.24. The summed E-state index contributed by atoms with van der Waals surface area (Å²) in [6.45, 7) is 4.54. The second-order valence-corrected chi connectivity index (χ2v) is 8.94. The summed E-state index contributed by atoms with van der Waals surface area (Å²) in [5.74, 6) is 0.249.